The van der Waals surface area contributed by atoms with E-state index in [1.165, 1.54) is 6.08 Å². The van der Waals surface area contributed by atoms with E-state index >= 15 is 0 Å². The third-order valence-corrected chi connectivity index (χ3v) is 5.95. The van der Waals surface area contributed by atoms with Crippen molar-refractivity contribution in [3.05, 3.63) is 47.1 Å². The summed E-state index contributed by atoms with van der Waals surface area (Å²) in [4.78, 5) is 36.9. The van der Waals surface area contributed by atoms with Gasteiger partial charge in [0.05, 0.1) is 24.2 Å². The molecule has 3 N–H and O–H groups in total. The summed E-state index contributed by atoms with van der Waals surface area (Å²) >= 11 is 0. The fourth-order valence-electron chi connectivity index (χ4n) is 3.70. The lowest BCUT2D eigenvalue weighted by Crippen LogP contribution is -2.34. The van der Waals surface area contributed by atoms with Crippen LogP contribution in [0.3, 0.4) is 0 Å². The van der Waals surface area contributed by atoms with Crippen LogP contribution in [0.25, 0.3) is 0 Å². The molecule has 0 aromatic carbocycles. The van der Waals surface area contributed by atoms with Crippen molar-refractivity contribution in [1.29, 1.82) is 0 Å². The van der Waals surface area contributed by atoms with Gasteiger partial charge in [-0.2, -0.15) is 0 Å². The Labute approximate surface area is 199 Å². The average molecular weight is 479 g/mol. The van der Waals surface area contributed by atoms with Crippen LogP contribution in [0, 0.1) is 11.8 Å². The monoisotopic (exact) mass is 478 g/mol. The molecule has 0 amide bonds. The molecule has 9 heteroatoms. The van der Waals surface area contributed by atoms with Crippen LogP contribution in [-0.4, -0.2) is 70.9 Å². The Bertz CT molecular complexity index is 896. The number of aliphatic hydroxyl groups is 3. The summed E-state index contributed by atoms with van der Waals surface area (Å²) in [7, 11) is 0. The van der Waals surface area contributed by atoms with Crippen molar-refractivity contribution in [3.8, 4) is 0 Å². The Morgan fingerprint density at radius 3 is 2.62 bits per heavy atom. The molecule has 3 unspecified atom stereocenters. The highest BCUT2D eigenvalue weighted by Gasteiger charge is 2.44. The van der Waals surface area contributed by atoms with Crippen molar-refractivity contribution >= 4 is 17.9 Å². The number of carbonyl (C=O) groups is 3. The second-order valence-electron chi connectivity index (χ2n) is 8.99. The molecule has 5 atom stereocenters. The predicted molar refractivity (Wildman–Crippen MR) is 122 cm³/mol. The molecule has 0 bridgehead atoms. The first-order valence-corrected chi connectivity index (χ1v) is 11.2. The second-order valence-corrected chi connectivity index (χ2v) is 8.99. The van der Waals surface area contributed by atoms with Gasteiger partial charge in [0.25, 0.3) is 0 Å². The lowest BCUT2D eigenvalue weighted by Gasteiger charge is -2.28. The third-order valence-electron chi connectivity index (χ3n) is 5.95. The molecule has 1 saturated heterocycles. The number of hydrogen-bond acceptors (Lipinski definition) is 9. The molecule has 2 rings (SSSR count). The van der Waals surface area contributed by atoms with E-state index in [4.69, 9.17) is 14.2 Å². The number of carbonyl (C=O) groups excluding carboxylic acids is 3. The number of esters is 3. The topological polar surface area (TPSA) is 140 Å². The van der Waals surface area contributed by atoms with E-state index in [1.807, 2.05) is 13.0 Å². The van der Waals surface area contributed by atoms with Gasteiger partial charge in [-0.25, -0.2) is 14.4 Å². The molecule has 188 valence electrons. The van der Waals surface area contributed by atoms with Crippen LogP contribution < -0.4 is 0 Å². The zero-order valence-corrected chi connectivity index (χ0v) is 20.0. The lowest BCUT2D eigenvalue weighted by atomic mass is 9.85. The van der Waals surface area contributed by atoms with Crippen LogP contribution in [0.15, 0.2) is 47.1 Å². The molecule has 0 aromatic rings. The molecule has 1 heterocycles. The fraction of sp³-hybridized carbons (Fsp3) is 0.560. The van der Waals surface area contributed by atoms with Gasteiger partial charge >= 0.3 is 17.9 Å². The summed E-state index contributed by atoms with van der Waals surface area (Å²) < 4.78 is 16.1. The van der Waals surface area contributed by atoms with E-state index in [0.717, 1.165) is 5.57 Å². The van der Waals surface area contributed by atoms with Gasteiger partial charge in [-0.1, -0.05) is 32.1 Å². The zero-order valence-electron chi connectivity index (χ0n) is 20.0. The molecule has 34 heavy (non-hydrogen) atoms. The summed E-state index contributed by atoms with van der Waals surface area (Å²) in [5.41, 5.74) is 1.47. The summed E-state index contributed by atoms with van der Waals surface area (Å²) in [6.45, 7) is 9.68. The molecule has 0 radical (unpaired) electrons. The second kappa shape index (κ2) is 12.1. The van der Waals surface area contributed by atoms with Gasteiger partial charge in [-0.3, -0.25) is 0 Å². The normalized spacial score (nSPS) is 29.8. The highest BCUT2D eigenvalue weighted by Crippen LogP contribution is 2.36. The maximum Gasteiger partial charge on any atom is 0.336 e. The van der Waals surface area contributed by atoms with Gasteiger partial charge in [0.2, 0.25) is 0 Å². The Morgan fingerprint density at radius 1 is 1.32 bits per heavy atom. The van der Waals surface area contributed by atoms with Gasteiger partial charge < -0.3 is 29.5 Å². The molecule has 1 fully saturated rings. The van der Waals surface area contributed by atoms with E-state index in [1.54, 1.807) is 26.8 Å². The van der Waals surface area contributed by atoms with Crippen molar-refractivity contribution < 1.29 is 43.9 Å². The summed E-state index contributed by atoms with van der Waals surface area (Å²) in [6.07, 6.45) is 1.68. The van der Waals surface area contributed by atoms with Gasteiger partial charge in [-0.05, 0) is 43.9 Å². The van der Waals surface area contributed by atoms with Crippen molar-refractivity contribution in [2.45, 2.75) is 65.0 Å². The first-order chi connectivity index (χ1) is 16.0. The summed E-state index contributed by atoms with van der Waals surface area (Å²) in [5.74, 6) is -3.30. The van der Waals surface area contributed by atoms with Gasteiger partial charge in [-0.15, -0.1) is 0 Å². The molecular weight excluding hydrogens is 444 g/mol. The lowest BCUT2D eigenvalue weighted by molar-refractivity contribution is -0.155. The number of fused-ring (bicyclic) bond motifs is 1. The number of rotatable bonds is 7. The Morgan fingerprint density at radius 2 is 2.00 bits per heavy atom. The van der Waals surface area contributed by atoms with Crippen molar-refractivity contribution in [1.82, 2.24) is 0 Å². The molecule has 1 aliphatic carbocycles. The van der Waals surface area contributed by atoms with E-state index < -0.39 is 54.8 Å². The van der Waals surface area contributed by atoms with E-state index in [0.29, 0.717) is 12.0 Å². The minimum Gasteiger partial charge on any atom is -0.460 e. The van der Waals surface area contributed by atoms with Crippen LogP contribution in [-0.2, 0) is 28.6 Å². The van der Waals surface area contributed by atoms with Crippen LogP contribution in [0.5, 0.6) is 0 Å². The molecule has 0 saturated carbocycles. The van der Waals surface area contributed by atoms with Crippen molar-refractivity contribution in [3.63, 3.8) is 0 Å². The number of hydrogen-bond donors (Lipinski definition) is 3. The van der Waals surface area contributed by atoms with Crippen LogP contribution in [0.1, 0.15) is 40.5 Å². The van der Waals surface area contributed by atoms with Crippen LogP contribution in [0.4, 0.5) is 0 Å². The van der Waals surface area contributed by atoms with Crippen LogP contribution in [0.2, 0.25) is 0 Å². The maximum absolute atomic E-state index is 12.8. The summed E-state index contributed by atoms with van der Waals surface area (Å²) in [5, 5.41) is 29.7. The quantitative estimate of drug-likeness (QED) is 0.215. The number of aliphatic hydroxyl groups excluding tert-OH is 3. The summed E-state index contributed by atoms with van der Waals surface area (Å²) in [6, 6.07) is 0. The maximum atomic E-state index is 12.8. The number of ether oxygens (including phenoxy) is 3. The van der Waals surface area contributed by atoms with E-state index in [9.17, 15) is 29.7 Å². The highest BCUT2D eigenvalue weighted by molar-refractivity contribution is 5.92. The molecule has 2 aliphatic rings. The average Bonchev–Trinajstić information content (AvgIpc) is 3.05. The minimum atomic E-state index is -1.30. The van der Waals surface area contributed by atoms with Crippen molar-refractivity contribution in [2.24, 2.45) is 11.8 Å². The van der Waals surface area contributed by atoms with E-state index in [-0.39, 0.29) is 30.1 Å². The Balaban J connectivity index is 2.23. The smallest absolute Gasteiger partial charge is 0.336 e. The Hall–Kier alpha value is -2.75. The van der Waals surface area contributed by atoms with Crippen LogP contribution >= 0.6 is 0 Å². The predicted octanol–water partition coefficient (Wildman–Crippen LogP) is 1.52. The molecule has 9 nitrogen and oxygen atoms in total. The molecule has 0 aromatic heterocycles. The molecular formula is C25H34O9. The third kappa shape index (κ3) is 6.88. The molecule has 0 spiro atoms. The standard InChI is InChI=1S/C25H34O9/c1-13(2)22(28)25(31)32-9-8-17(12-26)24(30)34-19-10-14(3)6-7-18(27)15(4)11-20-21(19)16(5)23(29)33-20/h6,8,11,13,18-22,26-28H,5,7,9-10,12H2,1-4H3/b14-6-,15-11-,17-8+/t18?,19?,20-,21-,22?/m1/s1. The first-order valence-electron chi connectivity index (χ1n) is 11.2. The largest absolute Gasteiger partial charge is 0.460 e. The van der Waals surface area contributed by atoms with Crippen molar-refractivity contribution in [2.75, 3.05) is 13.2 Å². The van der Waals surface area contributed by atoms with Gasteiger partial charge in [0, 0.05) is 12.0 Å². The highest BCUT2D eigenvalue weighted by atomic mass is 16.6. The molecule has 1 aliphatic heterocycles. The Kier molecular flexibility index (Phi) is 9.78. The first kappa shape index (κ1) is 27.5. The van der Waals surface area contributed by atoms with E-state index in [2.05, 4.69) is 6.58 Å². The van der Waals surface area contributed by atoms with Gasteiger partial charge in [0.1, 0.15) is 18.8 Å². The van der Waals surface area contributed by atoms with Gasteiger partial charge in [0.15, 0.2) is 6.10 Å². The minimum absolute atomic E-state index is 0.139. The zero-order chi connectivity index (χ0) is 25.6. The SMILES string of the molecule is C=C1C(=O)O[C@@H]2/C=C(/C)C(O)C/C=C(/C)CC(OC(=O)/C(=C/COC(=O)C(O)C(C)C)CO)[C@@H]12. The fourth-order valence-corrected chi connectivity index (χ4v) is 3.70.